The standard InChI is InChI=1S/C19H29N3O3/c1-3-4-7-16-18(23)20(2)12-13-22(16)19(24)17-9-8-15(25-17)14-21-10-5-6-11-21/h8-9,16H,3-7,10-14H2,1-2H3/t16-/m0/s1. The summed E-state index contributed by atoms with van der Waals surface area (Å²) >= 11 is 0. The molecule has 0 saturated carbocycles. The quantitative estimate of drug-likeness (QED) is 0.793. The van der Waals surface area contributed by atoms with Gasteiger partial charge in [-0.3, -0.25) is 14.5 Å². The van der Waals surface area contributed by atoms with Crippen LogP contribution in [-0.4, -0.2) is 65.8 Å². The van der Waals surface area contributed by atoms with Crippen LogP contribution in [0.5, 0.6) is 0 Å². The van der Waals surface area contributed by atoms with Gasteiger partial charge in [0.2, 0.25) is 5.91 Å². The summed E-state index contributed by atoms with van der Waals surface area (Å²) < 4.78 is 5.82. The minimum Gasteiger partial charge on any atom is -0.455 e. The molecule has 2 aliphatic rings. The van der Waals surface area contributed by atoms with Crippen molar-refractivity contribution in [1.82, 2.24) is 14.7 Å². The monoisotopic (exact) mass is 347 g/mol. The number of carbonyl (C=O) groups excluding carboxylic acids is 2. The Labute approximate surface area is 149 Å². The minimum atomic E-state index is -0.363. The molecule has 0 radical (unpaired) electrons. The van der Waals surface area contributed by atoms with E-state index in [9.17, 15) is 9.59 Å². The summed E-state index contributed by atoms with van der Waals surface area (Å²) in [5, 5.41) is 0. The zero-order valence-electron chi connectivity index (χ0n) is 15.4. The molecule has 0 aromatic carbocycles. The second-order valence-electron chi connectivity index (χ2n) is 7.17. The zero-order chi connectivity index (χ0) is 17.8. The molecular formula is C19H29N3O3. The molecule has 1 aromatic heterocycles. The number of amides is 2. The van der Waals surface area contributed by atoms with Crippen LogP contribution in [0.3, 0.4) is 0 Å². The third-order valence-corrected chi connectivity index (χ3v) is 5.26. The number of carbonyl (C=O) groups is 2. The molecule has 0 spiro atoms. The maximum atomic E-state index is 12.9. The van der Waals surface area contributed by atoms with E-state index < -0.39 is 0 Å². The van der Waals surface area contributed by atoms with Crippen LogP contribution in [0.2, 0.25) is 0 Å². The van der Waals surface area contributed by atoms with Crippen LogP contribution in [0.4, 0.5) is 0 Å². The highest BCUT2D eigenvalue weighted by Crippen LogP contribution is 2.21. The van der Waals surface area contributed by atoms with E-state index >= 15 is 0 Å². The van der Waals surface area contributed by atoms with Gasteiger partial charge in [-0.05, 0) is 44.5 Å². The number of likely N-dealkylation sites (tertiary alicyclic amines) is 1. The van der Waals surface area contributed by atoms with Gasteiger partial charge in [-0.2, -0.15) is 0 Å². The Balaban J connectivity index is 1.69. The molecule has 0 N–H and O–H groups in total. The van der Waals surface area contributed by atoms with E-state index in [1.165, 1.54) is 12.8 Å². The Hall–Kier alpha value is -1.82. The van der Waals surface area contributed by atoms with Crippen molar-refractivity contribution in [1.29, 1.82) is 0 Å². The Bertz CT molecular complexity index is 607. The van der Waals surface area contributed by atoms with E-state index in [2.05, 4.69) is 11.8 Å². The van der Waals surface area contributed by atoms with E-state index in [4.69, 9.17) is 4.42 Å². The van der Waals surface area contributed by atoms with Crippen LogP contribution in [-0.2, 0) is 11.3 Å². The number of piperazine rings is 1. The smallest absolute Gasteiger partial charge is 0.290 e. The van der Waals surface area contributed by atoms with E-state index in [0.29, 0.717) is 25.3 Å². The highest BCUT2D eigenvalue weighted by atomic mass is 16.4. The van der Waals surface area contributed by atoms with Crippen LogP contribution >= 0.6 is 0 Å². The predicted octanol–water partition coefficient (Wildman–Crippen LogP) is 2.35. The van der Waals surface area contributed by atoms with Crippen molar-refractivity contribution in [2.45, 2.75) is 51.6 Å². The average molecular weight is 347 g/mol. The van der Waals surface area contributed by atoms with E-state index in [1.54, 1.807) is 15.9 Å². The number of rotatable bonds is 6. The van der Waals surface area contributed by atoms with Gasteiger partial charge in [-0.1, -0.05) is 19.8 Å². The molecule has 1 atom stereocenters. The van der Waals surface area contributed by atoms with Crippen molar-refractivity contribution in [3.8, 4) is 0 Å². The van der Waals surface area contributed by atoms with Crippen LogP contribution in [0, 0.1) is 0 Å². The maximum absolute atomic E-state index is 12.9. The lowest BCUT2D eigenvalue weighted by molar-refractivity contribution is -0.138. The second-order valence-corrected chi connectivity index (χ2v) is 7.17. The molecule has 1 aromatic rings. The Morgan fingerprint density at radius 3 is 2.68 bits per heavy atom. The van der Waals surface area contributed by atoms with E-state index in [-0.39, 0.29) is 17.9 Å². The molecule has 25 heavy (non-hydrogen) atoms. The first-order valence-corrected chi connectivity index (χ1v) is 9.47. The highest BCUT2D eigenvalue weighted by molar-refractivity contribution is 5.96. The average Bonchev–Trinajstić information content (AvgIpc) is 3.28. The first-order chi connectivity index (χ1) is 12.1. The van der Waals surface area contributed by atoms with Gasteiger partial charge in [-0.15, -0.1) is 0 Å². The summed E-state index contributed by atoms with van der Waals surface area (Å²) in [5.41, 5.74) is 0. The molecule has 0 unspecified atom stereocenters. The van der Waals surface area contributed by atoms with Gasteiger partial charge in [-0.25, -0.2) is 0 Å². The van der Waals surface area contributed by atoms with Crippen LogP contribution in [0.1, 0.15) is 55.3 Å². The number of hydrogen-bond acceptors (Lipinski definition) is 4. The summed E-state index contributed by atoms with van der Waals surface area (Å²) in [6, 6.07) is 3.29. The number of nitrogens with zero attached hydrogens (tertiary/aromatic N) is 3. The SMILES string of the molecule is CCCC[C@H]1C(=O)N(C)CCN1C(=O)c1ccc(CN2CCCC2)o1. The van der Waals surface area contributed by atoms with Gasteiger partial charge >= 0.3 is 0 Å². The third kappa shape index (κ3) is 4.06. The first kappa shape index (κ1) is 18.0. The summed E-state index contributed by atoms with van der Waals surface area (Å²) in [6.45, 7) is 6.19. The van der Waals surface area contributed by atoms with Crippen molar-refractivity contribution in [2.24, 2.45) is 0 Å². The van der Waals surface area contributed by atoms with Crippen molar-refractivity contribution in [3.05, 3.63) is 23.7 Å². The number of hydrogen-bond donors (Lipinski definition) is 0. The first-order valence-electron chi connectivity index (χ1n) is 9.47. The fourth-order valence-electron chi connectivity index (χ4n) is 3.71. The molecule has 3 heterocycles. The topological polar surface area (TPSA) is 57.0 Å². The number of furan rings is 1. The molecule has 6 heteroatoms. The Kier molecular flexibility index (Phi) is 5.78. The van der Waals surface area contributed by atoms with Crippen LogP contribution in [0.15, 0.2) is 16.5 Å². The van der Waals surface area contributed by atoms with Gasteiger partial charge in [0.15, 0.2) is 5.76 Å². The van der Waals surface area contributed by atoms with Gasteiger partial charge in [0.25, 0.3) is 5.91 Å². The fraction of sp³-hybridized carbons (Fsp3) is 0.684. The van der Waals surface area contributed by atoms with Crippen molar-refractivity contribution in [2.75, 3.05) is 33.2 Å². The van der Waals surface area contributed by atoms with Crippen molar-refractivity contribution >= 4 is 11.8 Å². The largest absolute Gasteiger partial charge is 0.455 e. The third-order valence-electron chi connectivity index (χ3n) is 5.26. The molecule has 0 bridgehead atoms. The Morgan fingerprint density at radius 1 is 1.20 bits per heavy atom. The molecular weight excluding hydrogens is 318 g/mol. The van der Waals surface area contributed by atoms with Gasteiger partial charge in [0.05, 0.1) is 6.54 Å². The van der Waals surface area contributed by atoms with Gasteiger partial charge < -0.3 is 14.2 Å². The molecule has 2 fully saturated rings. The number of unbranched alkanes of at least 4 members (excludes halogenated alkanes) is 1. The van der Waals surface area contributed by atoms with E-state index in [1.807, 2.05) is 13.1 Å². The van der Waals surface area contributed by atoms with Gasteiger partial charge in [0, 0.05) is 20.1 Å². The van der Waals surface area contributed by atoms with Crippen molar-refractivity contribution < 1.29 is 14.0 Å². The predicted molar refractivity (Wildman–Crippen MR) is 95.2 cm³/mol. The summed E-state index contributed by atoms with van der Waals surface area (Å²) in [7, 11) is 1.81. The molecule has 2 amide bonds. The van der Waals surface area contributed by atoms with Crippen LogP contribution < -0.4 is 0 Å². The van der Waals surface area contributed by atoms with Crippen LogP contribution in [0.25, 0.3) is 0 Å². The van der Waals surface area contributed by atoms with E-state index in [0.717, 1.165) is 38.2 Å². The number of likely N-dealkylation sites (N-methyl/N-ethyl adjacent to an activating group) is 1. The zero-order valence-corrected chi connectivity index (χ0v) is 15.4. The maximum Gasteiger partial charge on any atom is 0.290 e. The summed E-state index contributed by atoms with van der Waals surface area (Å²) in [4.78, 5) is 31.2. The molecule has 138 valence electrons. The molecule has 0 aliphatic carbocycles. The fourth-order valence-corrected chi connectivity index (χ4v) is 3.71. The lowest BCUT2D eigenvalue weighted by Crippen LogP contribution is -2.57. The normalized spacial score (nSPS) is 22.0. The van der Waals surface area contributed by atoms with Crippen molar-refractivity contribution in [3.63, 3.8) is 0 Å². The molecule has 2 saturated heterocycles. The second kappa shape index (κ2) is 8.04. The minimum absolute atomic E-state index is 0.0388. The molecule has 2 aliphatic heterocycles. The van der Waals surface area contributed by atoms with Gasteiger partial charge in [0.1, 0.15) is 11.8 Å². The Morgan fingerprint density at radius 2 is 1.96 bits per heavy atom. The molecule has 3 rings (SSSR count). The highest BCUT2D eigenvalue weighted by Gasteiger charge is 2.36. The molecule has 6 nitrogen and oxygen atoms in total. The lowest BCUT2D eigenvalue weighted by Gasteiger charge is -2.38. The summed E-state index contributed by atoms with van der Waals surface area (Å²) in [5.74, 6) is 1.07. The summed E-state index contributed by atoms with van der Waals surface area (Å²) in [6.07, 6.45) is 5.12. The lowest BCUT2D eigenvalue weighted by atomic mass is 10.0.